The van der Waals surface area contributed by atoms with E-state index >= 15 is 0 Å². The zero-order valence-electron chi connectivity index (χ0n) is 64.9. The van der Waals surface area contributed by atoms with Crippen molar-refractivity contribution in [2.45, 2.75) is 520 Å². The molecule has 0 aromatic carbocycles. The lowest BCUT2D eigenvalue weighted by atomic mass is 10.0. The molecule has 6 heteroatoms. The van der Waals surface area contributed by atoms with Gasteiger partial charge in [0.05, 0.1) is 25.4 Å². The van der Waals surface area contributed by atoms with Crippen LogP contribution in [0.4, 0.5) is 0 Å². The summed E-state index contributed by atoms with van der Waals surface area (Å²) in [6, 6.07) is -0.627. The summed E-state index contributed by atoms with van der Waals surface area (Å²) in [5, 5.41) is 23.3. The first-order chi connectivity index (χ1) is 47.0. The summed E-state index contributed by atoms with van der Waals surface area (Å²) in [5.41, 5.74) is 0. The van der Waals surface area contributed by atoms with Gasteiger partial charge in [0.2, 0.25) is 5.91 Å². The van der Waals surface area contributed by atoms with Gasteiger partial charge >= 0.3 is 5.97 Å². The molecule has 0 saturated heterocycles. The maximum atomic E-state index is 12.6. The molecule has 0 aliphatic heterocycles. The summed E-state index contributed by atoms with van der Waals surface area (Å²) in [5.74, 6) is -0.0324. The van der Waals surface area contributed by atoms with Gasteiger partial charge < -0.3 is 20.3 Å². The van der Waals surface area contributed by atoms with E-state index in [0.717, 1.165) is 38.5 Å². The molecule has 0 aliphatic carbocycles. The monoisotopic (exact) mass is 1340 g/mol. The quantitative estimate of drug-likeness (QED) is 0.0320. The molecule has 0 radical (unpaired) electrons. The van der Waals surface area contributed by atoms with Crippen LogP contribution in [0.1, 0.15) is 508 Å². The maximum absolute atomic E-state index is 12.6. The standard InChI is InChI=1S/C89H173NO5/c1-3-5-7-9-11-13-15-17-19-21-23-24-25-39-42-46-49-53-57-61-65-69-73-77-81-87(92)86(85-91)90-88(93)82-78-74-70-66-62-58-54-50-47-43-40-37-35-33-31-29-27-26-28-30-32-34-36-38-41-44-48-52-56-60-64-68-72-76-80-84-95-89(94)83-79-75-71-67-63-59-55-51-45-22-20-18-16-14-12-10-8-6-4-2/h28,30,77,81,86-87,91-92H,3-27,29,31-76,78-80,82-85H2,1-2H3,(H,90,93)/b30-28-,81-77+. The molecule has 0 aromatic heterocycles. The van der Waals surface area contributed by atoms with Crippen molar-refractivity contribution in [1.82, 2.24) is 5.32 Å². The number of aliphatic hydroxyl groups is 2. The molecule has 3 N–H and O–H groups in total. The summed E-state index contributed by atoms with van der Waals surface area (Å²) in [4.78, 5) is 24.7. The molecule has 0 heterocycles. The molecular weight excluding hydrogens is 1160 g/mol. The molecule has 6 nitrogen and oxygen atoms in total. The minimum absolute atomic E-state index is 0.0262. The van der Waals surface area contributed by atoms with Crippen molar-refractivity contribution in [3.05, 3.63) is 24.3 Å². The van der Waals surface area contributed by atoms with Crippen LogP contribution in [0.25, 0.3) is 0 Å². The number of nitrogens with one attached hydrogen (secondary N) is 1. The Hall–Kier alpha value is -1.66. The number of rotatable bonds is 84. The number of aliphatic hydroxyl groups excluding tert-OH is 2. The van der Waals surface area contributed by atoms with E-state index in [0.29, 0.717) is 19.4 Å². The summed E-state index contributed by atoms with van der Waals surface area (Å²) in [7, 11) is 0. The molecule has 0 spiro atoms. The Labute approximate surface area is 596 Å². The van der Waals surface area contributed by atoms with Crippen molar-refractivity contribution in [2.75, 3.05) is 13.2 Å². The fraction of sp³-hybridized carbons (Fsp3) is 0.933. The summed E-state index contributed by atoms with van der Waals surface area (Å²) < 4.78 is 5.53. The highest BCUT2D eigenvalue weighted by Crippen LogP contribution is 2.21. The second kappa shape index (κ2) is 84.8. The first-order valence-electron chi connectivity index (χ1n) is 44.1. The van der Waals surface area contributed by atoms with E-state index in [1.54, 1.807) is 6.08 Å². The van der Waals surface area contributed by atoms with Gasteiger partial charge in [-0.25, -0.2) is 0 Å². The maximum Gasteiger partial charge on any atom is 0.305 e. The molecule has 564 valence electrons. The molecule has 0 bridgehead atoms. The van der Waals surface area contributed by atoms with Crippen molar-refractivity contribution in [1.29, 1.82) is 0 Å². The van der Waals surface area contributed by atoms with Gasteiger partial charge in [0, 0.05) is 12.8 Å². The van der Waals surface area contributed by atoms with E-state index < -0.39 is 12.1 Å². The number of amides is 1. The SMILES string of the molecule is CCCCCCCCCCCCCCCCCCCCCCCC/C=C/C(O)C(CO)NC(=O)CCCCCCCCCCCCCCCCCCC/C=C\CCCCCCCCCCCCCCCCOC(=O)CCCCCCCCCCCCCCCCCCCCC. The number of esters is 1. The van der Waals surface area contributed by atoms with Gasteiger partial charge in [-0.2, -0.15) is 0 Å². The van der Waals surface area contributed by atoms with Gasteiger partial charge in [0.1, 0.15) is 0 Å². The Morgan fingerprint density at radius 3 is 0.747 bits per heavy atom. The predicted octanol–water partition coefficient (Wildman–Crippen LogP) is 29.6. The fourth-order valence-corrected chi connectivity index (χ4v) is 14.3. The lowest BCUT2D eigenvalue weighted by Gasteiger charge is -2.20. The van der Waals surface area contributed by atoms with Crippen molar-refractivity contribution in [3.63, 3.8) is 0 Å². The van der Waals surface area contributed by atoms with Crippen LogP contribution in [0.2, 0.25) is 0 Å². The Bertz CT molecular complexity index is 1500. The normalized spacial score (nSPS) is 12.5. The molecule has 0 aliphatic rings. The molecule has 0 saturated carbocycles. The Balaban J connectivity index is 3.35. The van der Waals surface area contributed by atoms with Crippen LogP contribution in [0.5, 0.6) is 0 Å². The lowest BCUT2D eigenvalue weighted by Crippen LogP contribution is -2.45. The number of hydrogen-bond donors (Lipinski definition) is 3. The average Bonchev–Trinajstić information content (AvgIpc) is 3.79. The molecule has 95 heavy (non-hydrogen) atoms. The third-order valence-corrected chi connectivity index (χ3v) is 21.0. The molecule has 1 amide bonds. The van der Waals surface area contributed by atoms with E-state index in [1.165, 1.54) is 443 Å². The average molecular weight is 1340 g/mol. The Morgan fingerprint density at radius 1 is 0.284 bits per heavy atom. The number of allylic oxidation sites excluding steroid dienone is 3. The van der Waals surface area contributed by atoms with Gasteiger partial charge in [0.15, 0.2) is 0 Å². The Morgan fingerprint density at radius 2 is 0.495 bits per heavy atom. The van der Waals surface area contributed by atoms with Crippen molar-refractivity contribution in [3.8, 4) is 0 Å². The molecular formula is C89H173NO5. The van der Waals surface area contributed by atoms with E-state index in [4.69, 9.17) is 4.74 Å². The number of ether oxygens (including phenoxy) is 1. The molecule has 2 atom stereocenters. The number of hydrogen-bond acceptors (Lipinski definition) is 5. The van der Waals surface area contributed by atoms with Gasteiger partial charge in [-0.15, -0.1) is 0 Å². The zero-order valence-corrected chi connectivity index (χ0v) is 64.9. The lowest BCUT2D eigenvalue weighted by molar-refractivity contribution is -0.143. The van der Waals surface area contributed by atoms with Crippen LogP contribution in [-0.4, -0.2) is 47.4 Å². The van der Waals surface area contributed by atoms with Crippen molar-refractivity contribution in [2.24, 2.45) is 0 Å². The number of unbranched alkanes of at least 4 members (excludes halogenated alkanes) is 71. The van der Waals surface area contributed by atoms with Crippen LogP contribution < -0.4 is 5.32 Å². The molecule has 0 rings (SSSR count). The number of carbonyl (C=O) groups is 2. The third-order valence-electron chi connectivity index (χ3n) is 21.0. The summed E-state index contributed by atoms with van der Waals surface area (Å²) >= 11 is 0. The Kier molecular flexibility index (Phi) is 83.3. The first-order valence-corrected chi connectivity index (χ1v) is 44.1. The summed E-state index contributed by atoms with van der Waals surface area (Å²) in [6.45, 7) is 4.98. The van der Waals surface area contributed by atoms with Crippen LogP contribution >= 0.6 is 0 Å². The smallest absolute Gasteiger partial charge is 0.305 e. The highest BCUT2D eigenvalue weighted by Gasteiger charge is 2.18. The van der Waals surface area contributed by atoms with E-state index in [1.807, 2.05) is 6.08 Å². The minimum atomic E-state index is -0.844. The van der Waals surface area contributed by atoms with Gasteiger partial charge in [-0.3, -0.25) is 9.59 Å². The van der Waals surface area contributed by atoms with Crippen LogP contribution in [0.15, 0.2) is 24.3 Å². The van der Waals surface area contributed by atoms with Crippen LogP contribution in [-0.2, 0) is 14.3 Å². The highest BCUT2D eigenvalue weighted by molar-refractivity contribution is 5.76. The largest absolute Gasteiger partial charge is 0.466 e. The first kappa shape index (κ1) is 93.3. The minimum Gasteiger partial charge on any atom is -0.466 e. The van der Waals surface area contributed by atoms with E-state index in [2.05, 4.69) is 31.3 Å². The molecule has 0 fully saturated rings. The van der Waals surface area contributed by atoms with E-state index in [-0.39, 0.29) is 18.5 Å². The highest BCUT2D eigenvalue weighted by atomic mass is 16.5. The van der Waals surface area contributed by atoms with Gasteiger partial charge in [0.25, 0.3) is 0 Å². The predicted molar refractivity (Wildman–Crippen MR) is 421 cm³/mol. The van der Waals surface area contributed by atoms with Crippen molar-refractivity contribution < 1.29 is 24.5 Å². The van der Waals surface area contributed by atoms with Crippen molar-refractivity contribution >= 4 is 11.9 Å². The second-order valence-corrected chi connectivity index (χ2v) is 30.6. The molecule has 2 unspecified atom stereocenters. The molecule has 0 aromatic rings. The summed E-state index contributed by atoms with van der Waals surface area (Å²) in [6.07, 6.45) is 111. The van der Waals surface area contributed by atoms with Gasteiger partial charge in [-0.05, 0) is 57.8 Å². The van der Waals surface area contributed by atoms with E-state index in [9.17, 15) is 19.8 Å². The number of carbonyl (C=O) groups excluding carboxylic acids is 2. The second-order valence-electron chi connectivity index (χ2n) is 30.6. The van der Waals surface area contributed by atoms with Crippen LogP contribution in [0.3, 0.4) is 0 Å². The third kappa shape index (κ3) is 81.2. The van der Waals surface area contributed by atoms with Gasteiger partial charge in [-0.1, -0.05) is 462 Å². The topological polar surface area (TPSA) is 95.9 Å². The zero-order chi connectivity index (χ0) is 68.4. The van der Waals surface area contributed by atoms with Crippen LogP contribution in [0, 0.1) is 0 Å². The fourth-order valence-electron chi connectivity index (χ4n) is 14.3.